The first kappa shape index (κ1) is 11.6. The van der Waals surface area contributed by atoms with Gasteiger partial charge in [0.15, 0.2) is 0 Å². The van der Waals surface area contributed by atoms with Gasteiger partial charge in [0.1, 0.15) is 0 Å². The fourth-order valence-corrected chi connectivity index (χ4v) is 1.32. The molecule has 0 aliphatic rings. The van der Waals surface area contributed by atoms with Crippen LogP contribution in [0.5, 0.6) is 0 Å². The van der Waals surface area contributed by atoms with Gasteiger partial charge in [-0.15, -0.1) is 0 Å². The summed E-state index contributed by atoms with van der Waals surface area (Å²) in [5, 5.41) is 13.1. The number of aromatic nitrogens is 2. The zero-order valence-corrected chi connectivity index (χ0v) is 9.84. The summed E-state index contributed by atoms with van der Waals surface area (Å²) in [6.07, 6.45) is 0. The topological polar surface area (TPSA) is 85.2 Å². The molecule has 2 aromatic rings. The molecule has 0 aliphatic carbocycles. The van der Waals surface area contributed by atoms with Crippen molar-refractivity contribution < 1.29 is 9.63 Å². The van der Waals surface area contributed by atoms with E-state index in [1.165, 1.54) is 0 Å². The summed E-state index contributed by atoms with van der Waals surface area (Å²) < 4.78 is 5.15. The van der Waals surface area contributed by atoms with Crippen molar-refractivity contribution in [3.05, 3.63) is 30.2 Å². The van der Waals surface area contributed by atoms with Crippen LogP contribution in [0.1, 0.15) is 19.7 Å². The molecule has 1 heterocycles. The Bertz CT molecular complexity index is 503. The zero-order chi connectivity index (χ0) is 12.5. The standard InChI is InChI=1S/C12H15N3O2/c1-12(2,7-16)11-14-10(15-17-11)8-3-5-9(13)6-4-8/h3-6,16H,7,13H2,1-2H3. The largest absolute Gasteiger partial charge is 0.399 e. The van der Waals surface area contributed by atoms with E-state index in [1.807, 2.05) is 26.0 Å². The van der Waals surface area contributed by atoms with Crippen LogP contribution in [0.3, 0.4) is 0 Å². The van der Waals surface area contributed by atoms with E-state index in [9.17, 15) is 5.11 Å². The molecule has 0 saturated heterocycles. The monoisotopic (exact) mass is 233 g/mol. The fourth-order valence-electron chi connectivity index (χ4n) is 1.32. The normalized spacial score (nSPS) is 11.7. The van der Waals surface area contributed by atoms with Gasteiger partial charge in [-0.25, -0.2) is 0 Å². The van der Waals surface area contributed by atoms with Gasteiger partial charge in [-0.3, -0.25) is 0 Å². The maximum Gasteiger partial charge on any atom is 0.234 e. The van der Waals surface area contributed by atoms with Crippen LogP contribution in [0.15, 0.2) is 28.8 Å². The number of hydrogen-bond donors (Lipinski definition) is 2. The van der Waals surface area contributed by atoms with Gasteiger partial charge in [0.2, 0.25) is 11.7 Å². The molecule has 2 rings (SSSR count). The Labute approximate surface area is 99.3 Å². The van der Waals surface area contributed by atoms with Crippen LogP contribution in [0, 0.1) is 0 Å². The van der Waals surface area contributed by atoms with Crippen molar-refractivity contribution >= 4 is 5.69 Å². The zero-order valence-electron chi connectivity index (χ0n) is 9.84. The van der Waals surface area contributed by atoms with Crippen LogP contribution in [-0.2, 0) is 5.41 Å². The molecule has 5 nitrogen and oxygen atoms in total. The van der Waals surface area contributed by atoms with E-state index in [1.54, 1.807) is 12.1 Å². The van der Waals surface area contributed by atoms with Crippen LogP contribution < -0.4 is 5.73 Å². The number of hydrogen-bond acceptors (Lipinski definition) is 5. The summed E-state index contributed by atoms with van der Waals surface area (Å²) >= 11 is 0. The molecule has 0 amide bonds. The molecule has 0 saturated carbocycles. The highest BCUT2D eigenvalue weighted by Crippen LogP contribution is 2.24. The SMILES string of the molecule is CC(C)(CO)c1nc(-c2ccc(N)cc2)no1. The number of anilines is 1. The number of aliphatic hydroxyl groups is 1. The molecule has 0 aliphatic heterocycles. The van der Waals surface area contributed by atoms with Crippen LogP contribution >= 0.6 is 0 Å². The van der Waals surface area contributed by atoms with Crippen molar-refractivity contribution in [1.82, 2.24) is 10.1 Å². The molecule has 5 heteroatoms. The van der Waals surface area contributed by atoms with Crippen molar-refractivity contribution in [2.75, 3.05) is 12.3 Å². The van der Waals surface area contributed by atoms with Crippen molar-refractivity contribution in [3.8, 4) is 11.4 Å². The number of aliphatic hydroxyl groups excluding tert-OH is 1. The van der Waals surface area contributed by atoms with Gasteiger partial charge in [-0.05, 0) is 38.1 Å². The van der Waals surface area contributed by atoms with Crippen LogP contribution in [0.2, 0.25) is 0 Å². The second-order valence-electron chi connectivity index (χ2n) is 4.59. The molecule has 0 fully saturated rings. The molecule has 0 atom stereocenters. The third-order valence-corrected chi connectivity index (χ3v) is 2.57. The summed E-state index contributed by atoms with van der Waals surface area (Å²) in [5.41, 5.74) is 6.60. The third-order valence-electron chi connectivity index (χ3n) is 2.57. The highest BCUT2D eigenvalue weighted by molar-refractivity contribution is 5.58. The minimum Gasteiger partial charge on any atom is -0.399 e. The first-order valence-corrected chi connectivity index (χ1v) is 5.34. The molecule has 90 valence electrons. The quantitative estimate of drug-likeness (QED) is 0.786. The van der Waals surface area contributed by atoms with Gasteiger partial charge in [0.25, 0.3) is 0 Å². The molecular weight excluding hydrogens is 218 g/mol. The van der Waals surface area contributed by atoms with Gasteiger partial charge in [0.05, 0.1) is 12.0 Å². The van der Waals surface area contributed by atoms with Gasteiger partial charge < -0.3 is 15.4 Å². The number of nitrogens with two attached hydrogens (primary N) is 1. The van der Waals surface area contributed by atoms with Crippen molar-refractivity contribution in [1.29, 1.82) is 0 Å². The Kier molecular flexibility index (Phi) is 2.85. The second-order valence-corrected chi connectivity index (χ2v) is 4.59. The number of nitrogens with zero attached hydrogens (tertiary/aromatic N) is 2. The Morgan fingerprint density at radius 2 is 1.94 bits per heavy atom. The molecule has 0 bridgehead atoms. The maximum absolute atomic E-state index is 9.22. The minimum atomic E-state index is -0.529. The summed E-state index contributed by atoms with van der Waals surface area (Å²) in [4.78, 5) is 4.27. The number of benzene rings is 1. The van der Waals surface area contributed by atoms with Crippen molar-refractivity contribution in [2.24, 2.45) is 0 Å². The fraction of sp³-hybridized carbons (Fsp3) is 0.333. The Morgan fingerprint density at radius 1 is 1.29 bits per heavy atom. The van der Waals surface area contributed by atoms with E-state index < -0.39 is 5.41 Å². The molecule has 1 aromatic carbocycles. The minimum absolute atomic E-state index is 0.0453. The first-order chi connectivity index (χ1) is 8.03. The maximum atomic E-state index is 9.22. The number of nitrogen functional groups attached to an aromatic ring is 1. The summed E-state index contributed by atoms with van der Waals surface area (Å²) in [5.74, 6) is 0.924. The third kappa shape index (κ3) is 2.29. The van der Waals surface area contributed by atoms with E-state index in [4.69, 9.17) is 10.3 Å². The van der Waals surface area contributed by atoms with E-state index in [0.29, 0.717) is 17.4 Å². The van der Waals surface area contributed by atoms with Crippen LogP contribution in [-0.4, -0.2) is 21.9 Å². The van der Waals surface area contributed by atoms with Gasteiger partial charge in [0, 0.05) is 11.3 Å². The summed E-state index contributed by atoms with van der Waals surface area (Å²) in [6.45, 7) is 3.64. The molecule has 0 unspecified atom stereocenters. The van der Waals surface area contributed by atoms with E-state index in [2.05, 4.69) is 10.1 Å². The Balaban J connectivity index is 2.33. The van der Waals surface area contributed by atoms with Crippen LogP contribution in [0.4, 0.5) is 5.69 Å². The lowest BCUT2D eigenvalue weighted by molar-refractivity contribution is 0.182. The highest BCUT2D eigenvalue weighted by atomic mass is 16.5. The molecular formula is C12H15N3O2. The van der Waals surface area contributed by atoms with Crippen LogP contribution in [0.25, 0.3) is 11.4 Å². The van der Waals surface area contributed by atoms with E-state index in [-0.39, 0.29) is 6.61 Å². The molecule has 3 N–H and O–H groups in total. The van der Waals surface area contributed by atoms with Crippen molar-refractivity contribution in [3.63, 3.8) is 0 Å². The lowest BCUT2D eigenvalue weighted by atomic mass is 9.95. The average molecular weight is 233 g/mol. The number of rotatable bonds is 3. The average Bonchev–Trinajstić information content (AvgIpc) is 2.80. The lowest BCUT2D eigenvalue weighted by Crippen LogP contribution is -2.22. The van der Waals surface area contributed by atoms with E-state index in [0.717, 1.165) is 5.56 Å². The van der Waals surface area contributed by atoms with Gasteiger partial charge >= 0.3 is 0 Å². The predicted octanol–water partition coefficient (Wildman–Crippen LogP) is 1.59. The predicted molar refractivity (Wildman–Crippen MR) is 64.3 cm³/mol. The smallest absolute Gasteiger partial charge is 0.234 e. The van der Waals surface area contributed by atoms with Gasteiger partial charge in [-0.2, -0.15) is 4.98 Å². The van der Waals surface area contributed by atoms with E-state index >= 15 is 0 Å². The van der Waals surface area contributed by atoms with Gasteiger partial charge in [-0.1, -0.05) is 5.16 Å². The summed E-state index contributed by atoms with van der Waals surface area (Å²) in [7, 11) is 0. The first-order valence-electron chi connectivity index (χ1n) is 5.34. The molecule has 0 radical (unpaired) electrons. The summed E-state index contributed by atoms with van der Waals surface area (Å²) in [6, 6.07) is 7.22. The molecule has 0 spiro atoms. The van der Waals surface area contributed by atoms with Crippen molar-refractivity contribution in [2.45, 2.75) is 19.3 Å². The Morgan fingerprint density at radius 3 is 2.53 bits per heavy atom. The Hall–Kier alpha value is -1.88. The molecule has 1 aromatic heterocycles. The molecule has 17 heavy (non-hydrogen) atoms. The second kappa shape index (κ2) is 4.18. The lowest BCUT2D eigenvalue weighted by Gasteiger charge is -2.14. The highest BCUT2D eigenvalue weighted by Gasteiger charge is 2.26.